The Morgan fingerprint density at radius 1 is 1.13 bits per heavy atom. The summed E-state index contributed by atoms with van der Waals surface area (Å²) in [6, 6.07) is 0. The van der Waals surface area contributed by atoms with E-state index in [0.717, 1.165) is 12.5 Å². The third-order valence-electron chi connectivity index (χ3n) is 3.69. The molecule has 2 rings (SSSR count). The first-order valence-corrected chi connectivity index (χ1v) is 6.35. The van der Waals surface area contributed by atoms with E-state index in [1.807, 2.05) is 0 Å². The molecule has 2 saturated heterocycles. The summed E-state index contributed by atoms with van der Waals surface area (Å²) in [7, 11) is 2.20. The van der Waals surface area contributed by atoms with Gasteiger partial charge >= 0.3 is 0 Å². The summed E-state index contributed by atoms with van der Waals surface area (Å²) in [5.74, 6) is 0.811. The van der Waals surface area contributed by atoms with Gasteiger partial charge in [-0.15, -0.1) is 0 Å². The summed E-state index contributed by atoms with van der Waals surface area (Å²) >= 11 is 0. The van der Waals surface area contributed by atoms with E-state index < -0.39 is 0 Å². The summed E-state index contributed by atoms with van der Waals surface area (Å²) in [5, 5.41) is 3.40. The van der Waals surface area contributed by atoms with Crippen LogP contribution in [0.4, 0.5) is 0 Å². The minimum absolute atomic E-state index is 0.538. The van der Waals surface area contributed by atoms with E-state index in [4.69, 9.17) is 4.74 Å². The van der Waals surface area contributed by atoms with Gasteiger partial charge in [0.2, 0.25) is 0 Å². The van der Waals surface area contributed by atoms with Crippen molar-refractivity contribution < 1.29 is 4.74 Å². The molecule has 0 atom stereocenters. The lowest BCUT2D eigenvalue weighted by molar-refractivity contribution is -0.00964. The molecule has 0 aromatic heterocycles. The predicted molar refractivity (Wildman–Crippen MR) is 62.1 cm³/mol. The lowest BCUT2D eigenvalue weighted by atomic mass is 9.99. The Hall–Kier alpha value is -0.120. The van der Waals surface area contributed by atoms with Crippen LogP contribution in [0.5, 0.6) is 0 Å². The summed E-state index contributed by atoms with van der Waals surface area (Å²) < 4.78 is 6.02. The zero-order valence-corrected chi connectivity index (χ0v) is 9.87. The number of hydrogen-bond donors (Lipinski definition) is 1. The van der Waals surface area contributed by atoms with Crippen LogP contribution in [-0.4, -0.2) is 50.8 Å². The molecule has 2 aliphatic heterocycles. The molecular weight excluding hydrogens is 188 g/mol. The van der Waals surface area contributed by atoms with Crippen LogP contribution in [0.15, 0.2) is 0 Å². The van der Waals surface area contributed by atoms with Crippen molar-refractivity contribution >= 4 is 0 Å². The average Bonchev–Trinajstić information content (AvgIpc) is 2.30. The van der Waals surface area contributed by atoms with Crippen LogP contribution in [0.2, 0.25) is 0 Å². The summed E-state index contributed by atoms with van der Waals surface area (Å²) in [5.41, 5.74) is 0. The number of likely N-dealkylation sites (tertiary alicyclic amines) is 1. The van der Waals surface area contributed by atoms with Crippen molar-refractivity contribution in [2.45, 2.75) is 31.8 Å². The van der Waals surface area contributed by atoms with E-state index in [2.05, 4.69) is 17.3 Å². The van der Waals surface area contributed by atoms with Gasteiger partial charge in [-0.05, 0) is 51.7 Å². The molecule has 2 heterocycles. The number of rotatable bonds is 3. The molecule has 1 N–H and O–H groups in total. The molecule has 0 saturated carbocycles. The average molecular weight is 212 g/mol. The third kappa shape index (κ3) is 3.74. The highest BCUT2D eigenvalue weighted by Gasteiger charge is 2.19. The molecule has 0 aromatic rings. The quantitative estimate of drug-likeness (QED) is 0.758. The Morgan fingerprint density at radius 3 is 2.47 bits per heavy atom. The summed E-state index contributed by atoms with van der Waals surface area (Å²) in [6.45, 7) is 5.77. The highest BCUT2D eigenvalue weighted by molar-refractivity contribution is 4.72. The van der Waals surface area contributed by atoms with Crippen molar-refractivity contribution in [1.82, 2.24) is 10.2 Å². The van der Waals surface area contributed by atoms with Gasteiger partial charge in [-0.1, -0.05) is 0 Å². The lowest BCUT2D eigenvalue weighted by Crippen LogP contribution is -2.36. The number of nitrogens with one attached hydrogen (secondary N) is 1. The zero-order valence-electron chi connectivity index (χ0n) is 9.87. The van der Waals surface area contributed by atoms with Crippen LogP contribution in [0.1, 0.15) is 25.7 Å². The first-order valence-electron chi connectivity index (χ1n) is 6.35. The Morgan fingerprint density at radius 2 is 1.80 bits per heavy atom. The monoisotopic (exact) mass is 212 g/mol. The summed E-state index contributed by atoms with van der Waals surface area (Å²) in [4.78, 5) is 2.39. The molecule has 0 aliphatic carbocycles. The first kappa shape index (κ1) is 11.4. The fourth-order valence-electron chi connectivity index (χ4n) is 2.47. The molecule has 3 nitrogen and oxygen atoms in total. The number of hydrogen-bond acceptors (Lipinski definition) is 3. The minimum Gasteiger partial charge on any atom is -0.378 e. The molecular formula is C12H24N2O. The number of nitrogens with zero attached hydrogens (tertiary/aromatic N) is 1. The standard InChI is InChI=1S/C12H24N2O/c1-14-8-4-12(5-9-14)15-10-11-2-6-13-7-3-11/h11-13H,2-10H2,1H3. The normalized spacial score (nSPS) is 27.0. The third-order valence-corrected chi connectivity index (χ3v) is 3.69. The number of ether oxygens (including phenoxy) is 1. The second-order valence-electron chi connectivity index (χ2n) is 5.03. The van der Waals surface area contributed by atoms with Crippen molar-refractivity contribution in [1.29, 1.82) is 0 Å². The van der Waals surface area contributed by atoms with Crippen LogP contribution in [0, 0.1) is 5.92 Å². The highest BCUT2D eigenvalue weighted by Crippen LogP contribution is 2.17. The van der Waals surface area contributed by atoms with Crippen LogP contribution < -0.4 is 5.32 Å². The Bertz CT molecular complexity index is 172. The van der Waals surface area contributed by atoms with Crippen molar-refractivity contribution in [3.05, 3.63) is 0 Å². The predicted octanol–water partition coefficient (Wildman–Crippen LogP) is 1.10. The van der Waals surface area contributed by atoms with Crippen molar-refractivity contribution in [2.75, 3.05) is 39.8 Å². The topological polar surface area (TPSA) is 24.5 Å². The molecule has 88 valence electrons. The van der Waals surface area contributed by atoms with E-state index >= 15 is 0 Å². The smallest absolute Gasteiger partial charge is 0.0599 e. The minimum atomic E-state index is 0.538. The fraction of sp³-hybridized carbons (Fsp3) is 1.00. The van der Waals surface area contributed by atoms with E-state index in [9.17, 15) is 0 Å². The van der Waals surface area contributed by atoms with Gasteiger partial charge in [0.25, 0.3) is 0 Å². The maximum atomic E-state index is 6.02. The van der Waals surface area contributed by atoms with Gasteiger partial charge in [-0.25, -0.2) is 0 Å². The van der Waals surface area contributed by atoms with Crippen LogP contribution in [-0.2, 0) is 4.74 Å². The van der Waals surface area contributed by atoms with Crippen molar-refractivity contribution in [3.63, 3.8) is 0 Å². The Balaban J connectivity index is 1.60. The van der Waals surface area contributed by atoms with Gasteiger partial charge in [0.1, 0.15) is 0 Å². The fourth-order valence-corrected chi connectivity index (χ4v) is 2.47. The SMILES string of the molecule is CN1CCC(OCC2CCNCC2)CC1. The van der Waals surface area contributed by atoms with Gasteiger partial charge in [0, 0.05) is 19.7 Å². The first-order chi connectivity index (χ1) is 7.34. The molecule has 3 heteroatoms. The van der Waals surface area contributed by atoms with Crippen LogP contribution in [0.3, 0.4) is 0 Å². The second-order valence-corrected chi connectivity index (χ2v) is 5.03. The largest absolute Gasteiger partial charge is 0.378 e. The van der Waals surface area contributed by atoms with Crippen LogP contribution in [0.25, 0.3) is 0 Å². The van der Waals surface area contributed by atoms with E-state index in [1.54, 1.807) is 0 Å². The molecule has 0 amide bonds. The number of piperidine rings is 2. The van der Waals surface area contributed by atoms with E-state index in [-0.39, 0.29) is 0 Å². The molecule has 0 radical (unpaired) electrons. The Labute approximate surface area is 93.2 Å². The van der Waals surface area contributed by atoms with Gasteiger partial charge < -0.3 is 15.0 Å². The summed E-state index contributed by atoms with van der Waals surface area (Å²) in [6.07, 6.45) is 5.58. The zero-order chi connectivity index (χ0) is 10.5. The maximum Gasteiger partial charge on any atom is 0.0599 e. The van der Waals surface area contributed by atoms with Gasteiger partial charge in [0.15, 0.2) is 0 Å². The van der Waals surface area contributed by atoms with Crippen molar-refractivity contribution in [2.24, 2.45) is 5.92 Å². The van der Waals surface area contributed by atoms with Gasteiger partial charge in [0.05, 0.1) is 6.10 Å². The molecule has 2 fully saturated rings. The Kier molecular flexibility index (Phi) is 4.42. The second kappa shape index (κ2) is 5.83. The highest BCUT2D eigenvalue weighted by atomic mass is 16.5. The van der Waals surface area contributed by atoms with E-state index in [1.165, 1.54) is 51.9 Å². The molecule has 0 spiro atoms. The molecule has 0 bridgehead atoms. The molecule has 2 aliphatic rings. The lowest BCUT2D eigenvalue weighted by Gasteiger charge is -2.31. The van der Waals surface area contributed by atoms with Crippen molar-refractivity contribution in [3.8, 4) is 0 Å². The van der Waals surface area contributed by atoms with Gasteiger partial charge in [-0.3, -0.25) is 0 Å². The van der Waals surface area contributed by atoms with E-state index in [0.29, 0.717) is 6.10 Å². The maximum absolute atomic E-state index is 6.02. The van der Waals surface area contributed by atoms with Crippen LogP contribution >= 0.6 is 0 Å². The molecule has 15 heavy (non-hydrogen) atoms. The van der Waals surface area contributed by atoms with Gasteiger partial charge in [-0.2, -0.15) is 0 Å². The molecule has 0 aromatic carbocycles. The molecule has 0 unspecified atom stereocenters.